The number of carboxylic acids is 2. The minimum atomic E-state index is -1.15. The summed E-state index contributed by atoms with van der Waals surface area (Å²) in [5, 5.41) is 18.3. The van der Waals surface area contributed by atoms with Crippen molar-refractivity contribution in [2.75, 3.05) is 20.1 Å². The van der Waals surface area contributed by atoms with Crippen molar-refractivity contribution in [3.8, 4) is 0 Å². The van der Waals surface area contributed by atoms with Crippen LogP contribution in [0, 0.1) is 0 Å². The van der Waals surface area contributed by atoms with Crippen LogP contribution >= 0.6 is 0 Å². The van der Waals surface area contributed by atoms with Crippen LogP contribution < -0.4 is 0 Å². The zero-order valence-corrected chi connectivity index (χ0v) is 11.5. The summed E-state index contributed by atoms with van der Waals surface area (Å²) < 4.78 is 1.69. The number of likely N-dealkylation sites (N-methyl/N-ethyl adjacent to an activating group) is 1. The number of aromatic carboxylic acids is 2. The van der Waals surface area contributed by atoms with Gasteiger partial charge in [0, 0.05) is 18.7 Å². The molecule has 1 saturated heterocycles. The molecule has 1 fully saturated rings. The van der Waals surface area contributed by atoms with Gasteiger partial charge in [0.2, 0.25) is 0 Å². The molecule has 0 saturated carbocycles. The molecule has 0 aromatic carbocycles. The molecule has 2 aromatic heterocycles. The molecule has 1 unspecified atom stereocenters. The van der Waals surface area contributed by atoms with Gasteiger partial charge in [-0.25, -0.2) is 14.6 Å². The van der Waals surface area contributed by atoms with E-state index < -0.39 is 11.9 Å². The zero-order chi connectivity index (χ0) is 15.1. The van der Waals surface area contributed by atoms with E-state index in [0.29, 0.717) is 11.3 Å². The van der Waals surface area contributed by atoms with Gasteiger partial charge >= 0.3 is 11.9 Å². The second-order valence-electron chi connectivity index (χ2n) is 5.35. The first kappa shape index (κ1) is 13.6. The lowest BCUT2D eigenvalue weighted by atomic mass is 10.1. The van der Waals surface area contributed by atoms with Crippen LogP contribution in [-0.2, 0) is 0 Å². The average Bonchev–Trinajstić information content (AvgIpc) is 3.01. The number of carbonyl (C=O) groups is 2. The van der Waals surface area contributed by atoms with Gasteiger partial charge in [-0.15, -0.1) is 0 Å². The monoisotopic (exact) mass is 289 g/mol. The maximum Gasteiger partial charge on any atom is 0.356 e. The topological polar surface area (TPSA) is 95.1 Å². The highest BCUT2D eigenvalue weighted by atomic mass is 16.4. The van der Waals surface area contributed by atoms with E-state index in [1.54, 1.807) is 10.6 Å². The summed E-state index contributed by atoms with van der Waals surface area (Å²) in [6, 6.07) is 2.83. The van der Waals surface area contributed by atoms with Crippen LogP contribution in [0.25, 0.3) is 5.52 Å². The van der Waals surface area contributed by atoms with Crippen molar-refractivity contribution in [3.63, 3.8) is 0 Å². The van der Waals surface area contributed by atoms with E-state index in [4.69, 9.17) is 5.11 Å². The number of fused-ring (bicyclic) bond motifs is 1. The zero-order valence-electron chi connectivity index (χ0n) is 11.5. The number of hydrogen-bond acceptors (Lipinski definition) is 4. The second kappa shape index (κ2) is 4.85. The lowest BCUT2D eigenvalue weighted by molar-refractivity contribution is 0.0682. The van der Waals surface area contributed by atoms with Gasteiger partial charge in [-0.2, -0.15) is 0 Å². The number of rotatable bonds is 3. The Morgan fingerprint density at radius 2 is 2.10 bits per heavy atom. The van der Waals surface area contributed by atoms with Crippen LogP contribution in [0.5, 0.6) is 0 Å². The van der Waals surface area contributed by atoms with Crippen LogP contribution in [0.3, 0.4) is 0 Å². The fourth-order valence-electron chi connectivity index (χ4n) is 2.83. The maximum absolute atomic E-state index is 11.4. The highest BCUT2D eigenvalue weighted by molar-refractivity contribution is 5.96. The van der Waals surface area contributed by atoms with E-state index in [1.807, 2.05) is 7.05 Å². The van der Waals surface area contributed by atoms with Gasteiger partial charge in [0.25, 0.3) is 0 Å². The summed E-state index contributed by atoms with van der Waals surface area (Å²) in [5.74, 6) is -1.39. The Morgan fingerprint density at radius 3 is 2.67 bits per heavy atom. The van der Waals surface area contributed by atoms with Crippen molar-refractivity contribution in [3.05, 3.63) is 35.4 Å². The number of likely N-dealkylation sites (tertiary alicyclic amines) is 1. The molecule has 21 heavy (non-hydrogen) atoms. The first-order valence-corrected chi connectivity index (χ1v) is 6.64. The molecule has 0 bridgehead atoms. The summed E-state index contributed by atoms with van der Waals surface area (Å²) in [5.41, 5.74) is 0.287. The molecule has 7 heteroatoms. The predicted molar refractivity (Wildman–Crippen MR) is 74.0 cm³/mol. The molecule has 110 valence electrons. The predicted octanol–water partition coefficient (Wildman–Crippen LogP) is 1.15. The third kappa shape index (κ3) is 2.25. The number of aromatic nitrogens is 2. The van der Waals surface area contributed by atoms with Crippen molar-refractivity contribution in [1.29, 1.82) is 0 Å². The first-order valence-electron chi connectivity index (χ1n) is 6.64. The normalized spacial score (nSPS) is 19.2. The van der Waals surface area contributed by atoms with E-state index in [9.17, 15) is 14.7 Å². The first-order chi connectivity index (χ1) is 9.97. The minimum Gasteiger partial charge on any atom is -0.478 e. The van der Waals surface area contributed by atoms with Crippen LogP contribution in [0.15, 0.2) is 18.3 Å². The summed E-state index contributed by atoms with van der Waals surface area (Å²) in [6.07, 6.45) is 2.50. The standard InChI is InChI=1S/C14H15N3O4/c1-16-4-2-9(7-16)12-15-11(14(20)21)10-6-8(13(18)19)3-5-17(10)12/h3,5-6,9H,2,4,7H2,1H3,(H,18,19)(H,20,21). The third-order valence-corrected chi connectivity index (χ3v) is 3.88. The highest BCUT2D eigenvalue weighted by Gasteiger charge is 2.28. The molecule has 1 atom stereocenters. The largest absolute Gasteiger partial charge is 0.478 e. The molecule has 3 rings (SSSR count). The summed E-state index contributed by atoms with van der Waals surface area (Å²) in [6.45, 7) is 1.76. The van der Waals surface area contributed by atoms with Crippen molar-refractivity contribution in [2.24, 2.45) is 0 Å². The molecule has 7 nitrogen and oxygen atoms in total. The molecule has 0 aliphatic carbocycles. The summed E-state index contributed by atoms with van der Waals surface area (Å²) >= 11 is 0. The average molecular weight is 289 g/mol. The van der Waals surface area contributed by atoms with Gasteiger partial charge in [-0.3, -0.25) is 0 Å². The van der Waals surface area contributed by atoms with Gasteiger partial charge in [0.05, 0.1) is 11.1 Å². The third-order valence-electron chi connectivity index (χ3n) is 3.88. The van der Waals surface area contributed by atoms with Gasteiger partial charge in [-0.05, 0) is 32.1 Å². The van der Waals surface area contributed by atoms with Crippen molar-refractivity contribution < 1.29 is 19.8 Å². The Bertz CT molecular complexity index is 737. The SMILES string of the molecule is CN1CCC(c2nc(C(=O)O)c3cc(C(=O)O)ccn23)C1. The Labute approximate surface area is 120 Å². The van der Waals surface area contributed by atoms with Crippen molar-refractivity contribution in [2.45, 2.75) is 12.3 Å². The number of nitrogens with zero attached hydrogens (tertiary/aromatic N) is 3. The van der Waals surface area contributed by atoms with Crippen LogP contribution in [0.4, 0.5) is 0 Å². The maximum atomic E-state index is 11.4. The Hall–Kier alpha value is -2.41. The number of carboxylic acid groups (broad SMARTS) is 2. The van der Waals surface area contributed by atoms with Gasteiger partial charge in [0.1, 0.15) is 5.82 Å². The van der Waals surface area contributed by atoms with Crippen molar-refractivity contribution in [1.82, 2.24) is 14.3 Å². The second-order valence-corrected chi connectivity index (χ2v) is 5.35. The van der Waals surface area contributed by atoms with Gasteiger partial charge < -0.3 is 19.5 Å². The summed E-state index contributed by atoms with van der Waals surface area (Å²) in [4.78, 5) is 28.8. The van der Waals surface area contributed by atoms with E-state index in [1.165, 1.54) is 12.1 Å². The van der Waals surface area contributed by atoms with Crippen LogP contribution in [-0.4, -0.2) is 56.6 Å². The quantitative estimate of drug-likeness (QED) is 0.880. The Balaban J connectivity index is 2.18. The molecular formula is C14H15N3O4. The number of hydrogen-bond donors (Lipinski definition) is 2. The van der Waals surface area contributed by atoms with E-state index in [0.717, 1.165) is 19.5 Å². The molecule has 0 radical (unpaired) electrons. The molecule has 0 spiro atoms. The van der Waals surface area contributed by atoms with Gasteiger partial charge in [0.15, 0.2) is 5.69 Å². The Kier molecular flexibility index (Phi) is 3.13. The fourth-order valence-corrected chi connectivity index (χ4v) is 2.83. The molecule has 3 heterocycles. The number of imidazole rings is 1. The molecule has 2 aromatic rings. The molecule has 0 amide bonds. The minimum absolute atomic E-state index is 0.0555. The van der Waals surface area contributed by atoms with Crippen LogP contribution in [0.2, 0.25) is 0 Å². The fraction of sp³-hybridized carbons (Fsp3) is 0.357. The number of pyridine rings is 1. The van der Waals surface area contributed by atoms with Crippen LogP contribution in [0.1, 0.15) is 39.0 Å². The molecular weight excluding hydrogens is 274 g/mol. The highest BCUT2D eigenvalue weighted by Crippen LogP contribution is 2.28. The van der Waals surface area contributed by atoms with Gasteiger partial charge in [-0.1, -0.05) is 0 Å². The molecule has 1 aliphatic rings. The lowest BCUT2D eigenvalue weighted by Gasteiger charge is -2.09. The smallest absolute Gasteiger partial charge is 0.356 e. The van der Waals surface area contributed by atoms with E-state index >= 15 is 0 Å². The van der Waals surface area contributed by atoms with Crippen molar-refractivity contribution >= 4 is 17.5 Å². The summed E-state index contributed by atoms with van der Waals surface area (Å²) in [7, 11) is 2.01. The Morgan fingerprint density at radius 1 is 1.33 bits per heavy atom. The molecule has 2 N–H and O–H groups in total. The molecule has 1 aliphatic heterocycles. The van der Waals surface area contributed by atoms with E-state index in [2.05, 4.69) is 9.88 Å². The lowest BCUT2D eigenvalue weighted by Crippen LogP contribution is -2.14. The van der Waals surface area contributed by atoms with E-state index in [-0.39, 0.29) is 17.2 Å².